The molecule has 0 aromatic heterocycles. The second-order valence-electron chi connectivity index (χ2n) is 4.01. The van der Waals surface area contributed by atoms with Gasteiger partial charge in [-0.15, -0.1) is 0 Å². The molecule has 2 rings (SSSR count). The van der Waals surface area contributed by atoms with Crippen LogP contribution in [0.5, 0.6) is 17.2 Å². The largest absolute Gasteiger partial charge is 0.508 e. The van der Waals surface area contributed by atoms with Crippen molar-refractivity contribution in [3.8, 4) is 17.2 Å². The van der Waals surface area contributed by atoms with E-state index < -0.39 is 5.91 Å². The minimum absolute atomic E-state index is 0.108. The molecule has 0 saturated heterocycles. The van der Waals surface area contributed by atoms with Crippen molar-refractivity contribution in [2.75, 3.05) is 0 Å². The van der Waals surface area contributed by atoms with E-state index in [9.17, 15) is 15.0 Å². The van der Waals surface area contributed by atoms with E-state index >= 15 is 0 Å². The van der Waals surface area contributed by atoms with Crippen LogP contribution in [0, 0.1) is 0 Å². The summed E-state index contributed by atoms with van der Waals surface area (Å²) < 4.78 is 0. The van der Waals surface area contributed by atoms with Crippen molar-refractivity contribution >= 4 is 5.91 Å². The molecule has 5 heteroatoms. The standard InChI is InChI=1S/C14H13NO4/c16-11-4-2-1-3-10(11)8-15-14(19)9-5-6-12(17)13(18)7-9/h1-7,16-18H,8H2,(H,15,19). The molecular formula is C14H13NO4. The van der Waals surface area contributed by atoms with Gasteiger partial charge in [-0.25, -0.2) is 0 Å². The van der Waals surface area contributed by atoms with Gasteiger partial charge in [0.1, 0.15) is 5.75 Å². The van der Waals surface area contributed by atoms with E-state index in [2.05, 4.69) is 5.32 Å². The summed E-state index contributed by atoms with van der Waals surface area (Å²) >= 11 is 0. The van der Waals surface area contributed by atoms with Crippen LogP contribution in [0.1, 0.15) is 15.9 Å². The van der Waals surface area contributed by atoms with Gasteiger partial charge in [0.25, 0.3) is 5.91 Å². The lowest BCUT2D eigenvalue weighted by atomic mass is 10.1. The van der Waals surface area contributed by atoms with E-state index in [1.807, 2.05) is 0 Å². The molecule has 2 aromatic rings. The van der Waals surface area contributed by atoms with Crippen LogP contribution >= 0.6 is 0 Å². The zero-order chi connectivity index (χ0) is 13.8. The fraction of sp³-hybridized carbons (Fsp3) is 0.0714. The molecule has 2 aromatic carbocycles. The van der Waals surface area contributed by atoms with Crippen molar-refractivity contribution in [3.63, 3.8) is 0 Å². The fourth-order valence-electron chi connectivity index (χ4n) is 1.60. The lowest BCUT2D eigenvalue weighted by Gasteiger charge is -2.07. The maximum absolute atomic E-state index is 11.8. The second kappa shape index (κ2) is 5.30. The number of carbonyl (C=O) groups excluding carboxylic acids is 1. The van der Waals surface area contributed by atoms with Gasteiger partial charge < -0.3 is 20.6 Å². The Hall–Kier alpha value is -2.69. The molecule has 4 N–H and O–H groups in total. The highest BCUT2D eigenvalue weighted by Gasteiger charge is 2.09. The Morgan fingerprint density at radius 3 is 2.37 bits per heavy atom. The van der Waals surface area contributed by atoms with E-state index in [0.29, 0.717) is 5.56 Å². The normalized spacial score (nSPS) is 10.1. The van der Waals surface area contributed by atoms with Crippen LogP contribution in [0.2, 0.25) is 0 Å². The highest BCUT2D eigenvalue weighted by atomic mass is 16.3. The average molecular weight is 259 g/mol. The third kappa shape index (κ3) is 2.95. The molecule has 0 radical (unpaired) electrons. The van der Waals surface area contributed by atoms with Gasteiger partial charge in [-0.3, -0.25) is 4.79 Å². The zero-order valence-corrected chi connectivity index (χ0v) is 10.00. The topological polar surface area (TPSA) is 89.8 Å². The second-order valence-corrected chi connectivity index (χ2v) is 4.01. The molecule has 1 amide bonds. The van der Waals surface area contributed by atoms with Crippen LogP contribution in [0.15, 0.2) is 42.5 Å². The summed E-state index contributed by atoms with van der Waals surface area (Å²) in [5.74, 6) is -0.928. The smallest absolute Gasteiger partial charge is 0.251 e. The molecule has 0 fully saturated rings. The highest BCUT2D eigenvalue weighted by Crippen LogP contribution is 2.24. The predicted molar refractivity (Wildman–Crippen MR) is 69.0 cm³/mol. The molecule has 0 aliphatic heterocycles. The number of para-hydroxylation sites is 1. The molecule has 0 atom stereocenters. The Morgan fingerprint density at radius 1 is 0.947 bits per heavy atom. The van der Waals surface area contributed by atoms with Crippen molar-refractivity contribution < 1.29 is 20.1 Å². The van der Waals surface area contributed by atoms with Crippen LogP contribution in [0.25, 0.3) is 0 Å². The number of amides is 1. The van der Waals surface area contributed by atoms with E-state index in [1.165, 1.54) is 24.3 Å². The Morgan fingerprint density at radius 2 is 1.68 bits per heavy atom. The molecule has 0 spiro atoms. The predicted octanol–water partition coefficient (Wildman–Crippen LogP) is 1.73. The summed E-state index contributed by atoms with van der Waals surface area (Å²) in [7, 11) is 0. The monoisotopic (exact) mass is 259 g/mol. The van der Waals surface area contributed by atoms with Gasteiger partial charge in [-0.1, -0.05) is 18.2 Å². The fourth-order valence-corrected chi connectivity index (χ4v) is 1.60. The SMILES string of the molecule is O=C(NCc1ccccc1O)c1ccc(O)c(O)c1. The molecule has 19 heavy (non-hydrogen) atoms. The summed E-state index contributed by atoms with van der Waals surface area (Å²) in [6.45, 7) is 0.174. The number of phenols is 3. The van der Waals surface area contributed by atoms with Gasteiger partial charge in [-0.05, 0) is 24.3 Å². The summed E-state index contributed by atoms with van der Waals surface area (Å²) in [5, 5.41) is 30.6. The average Bonchev–Trinajstić information content (AvgIpc) is 2.40. The van der Waals surface area contributed by atoms with Gasteiger partial charge >= 0.3 is 0 Å². The van der Waals surface area contributed by atoms with Crippen molar-refractivity contribution in [2.45, 2.75) is 6.54 Å². The first-order valence-corrected chi connectivity index (χ1v) is 5.65. The van der Waals surface area contributed by atoms with Gasteiger partial charge in [0.15, 0.2) is 11.5 Å². The van der Waals surface area contributed by atoms with Crippen LogP contribution in [-0.2, 0) is 6.54 Å². The molecule has 0 unspecified atom stereocenters. The Balaban J connectivity index is 2.05. The number of phenolic OH excluding ortho intramolecular Hbond substituents is 3. The van der Waals surface area contributed by atoms with Gasteiger partial charge in [0.05, 0.1) is 0 Å². The molecule has 0 bridgehead atoms. The van der Waals surface area contributed by atoms with Crippen molar-refractivity contribution in [1.82, 2.24) is 5.32 Å². The van der Waals surface area contributed by atoms with Gasteiger partial charge in [0, 0.05) is 17.7 Å². The third-order valence-corrected chi connectivity index (χ3v) is 2.67. The van der Waals surface area contributed by atoms with E-state index in [4.69, 9.17) is 5.11 Å². The number of rotatable bonds is 3. The Labute approximate surface area is 109 Å². The number of aromatic hydroxyl groups is 3. The van der Waals surface area contributed by atoms with Crippen molar-refractivity contribution in [1.29, 1.82) is 0 Å². The Bertz CT molecular complexity index is 610. The zero-order valence-electron chi connectivity index (χ0n) is 10.00. The maximum Gasteiger partial charge on any atom is 0.251 e. The lowest BCUT2D eigenvalue weighted by molar-refractivity contribution is 0.0950. The lowest BCUT2D eigenvalue weighted by Crippen LogP contribution is -2.22. The van der Waals surface area contributed by atoms with Crippen LogP contribution in [0.4, 0.5) is 0 Å². The van der Waals surface area contributed by atoms with E-state index in [0.717, 1.165) is 0 Å². The van der Waals surface area contributed by atoms with E-state index in [1.54, 1.807) is 18.2 Å². The summed E-state index contributed by atoms with van der Waals surface area (Å²) in [6, 6.07) is 10.5. The minimum Gasteiger partial charge on any atom is -0.508 e. The first-order chi connectivity index (χ1) is 9.08. The summed E-state index contributed by atoms with van der Waals surface area (Å²) in [6.07, 6.45) is 0. The molecule has 0 aliphatic rings. The van der Waals surface area contributed by atoms with Gasteiger partial charge in [-0.2, -0.15) is 0 Å². The van der Waals surface area contributed by atoms with Crippen molar-refractivity contribution in [3.05, 3.63) is 53.6 Å². The quantitative estimate of drug-likeness (QED) is 0.632. The van der Waals surface area contributed by atoms with Crippen molar-refractivity contribution in [2.24, 2.45) is 0 Å². The highest BCUT2D eigenvalue weighted by molar-refractivity contribution is 5.94. The number of hydrogen-bond acceptors (Lipinski definition) is 4. The Kier molecular flexibility index (Phi) is 3.56. The molecule has 0 heterocycles. The van der Waals surface area contributed by atoms with Crippen LogP contribution in [-0.4, -0.2) is 21.2 Å². The molecular weight excluding hydrogens is 246 g/mol. The molecule has 98 valence electrons. The first-order valence-electron chi connectivity index (χ1n) is 5.65. The number of carbonyl (C=O) groups is 1. The molecule has 5 nitrogen and oxygen atoms in total. The summed E-state index contributed by atoms with van der Waals surface area (Å²) in [5.41, 5.74) is 0.824. The minimum atomic E-state index is -0.404. The summed E-state index contributed by atoms with van der Waals surface area (Å²) in [4.78, 5) is 11.8. The number of nitrogens with one attached hydrogen (secondary N) is 1. The number of benzene rings is 2. The number of hydrogen-bond donors (Lipinski definition) is 4. The van der Waals surface area contributed by atoms with Crippen LogP contribution in [0.3, 0.4) is 0 Å². The third-order valence-electron chi connectivity index (χ3n) is 2.67. The van der Waals surface area contributed by atoms with E-state index in [-0.39, 0.29) is 29.4 Å². The van der Waals surface area contributed by atoms with Gasteiger partial charge in [0.2, 0.25) is 0 Å². The van der Waals surface area contributed by atoms with Crippen LogP contribution < -0.4 is 5.32 Å². The first kappa shape index (κ1) is 12.8. The molecule has 0 saturated carbocycles. The maximum atomic E-state index is 11.8. The molecule has 0 aliphatic carbocycles.